The molecule has 0 saturated heterocycles. The van der Waals surface area contributed by atoms with Crippen LogP contribution in [-0.2, 0) is 0 Å². The van der Waals surface area contributed by atoms with Gasteiger partial charge in [-0.15, -0.1) is 0 Å². The third-order valence-electron chi connectivity index (χ3n) is 2.95. The molecule has 0 radical (unpaired) electrons. The van der Waals surface area contributed by atoms with Crippen molar-refractivity contribution in [2.75, 3.05) is 0 Å². The molecule has 1 unspecified atom stereocenters. The topological polar surface area (TPSA) is 46.2 Å². The summed E-state index contributed by atoms with van der Waals surface area (Å²) < 4.78 is 13.0. The Balaban J connectivity index is 2.21. The maximum atomic E-state index is 13.0. The summed E-state index contributed by atoms with van der Waals surface area (Å²) in [5, 5.41) is 9.22. The van der Waals surface area contributed by atoms with Gasteiger partial charge in [-0.3, -0.25) is 0 Å². The number of benzene rings is 1. The van der Waals surface area contributed by atoms with Crippen molar-refractivity contribution >= 4 is 0 Å². The van der Waals surface area contributed by atoms with Crippen molar-refractivity contribution in [1.29, 1.82) is 0 Å². The predicted octanol–water partition coefficient (Wildman–Crippen LogP) is 2.33. The van der Waals surface area contributed by atoms with Crippen LogP contribution in [0.2, 0.25) is 0 Å². The van der Waals surface area contributed by atoms with Gasteiger partial charge in [0.25, 0.3) is 0 Å². The molecule has 1 atom stereocenters. The van der Waals surface area contributed by atoms with Crippen LogP contribution >= 0.6 is 0 Å². The van der Waals surface area contributed by atoms with Crippen molar-refractivity contribution in [3.63, 3.8) is 0 Å². The average Bonchev–Trinajstić information content (AvgIpc) is 1.98. The normalized spacial score (nSPS) is 19.0. The Bertz CT molecular complexity index is 316. The van der Waals surface area contributed by atoms with E-state index in [9.17, 15) is 9.50 Å². The summed E-state index contributed by atoms with van der Waals surface area (Å²) >= 11 is 0. The maximum Gasteiger partial charge on any atom is 0.127 e. The zero-order chi connectivity index (χ0) is 10.1. The fourth-order valence-electron chi connectivity index (χ4n) is 1.86. The Kier molecular flexibility index (Phi) is 2.42. The Hall–Kier alpha value is -1.09. The van der Waals surface area contributed by atoms with Crippen LogP contribution in [0.25, 0.3) is 0 Å². The maximum absolute atomic E-state index is 13.0. The van der Waals surface area contributed by atoms with E-state index in [0.717, 1.165) is 18.9 Å². The number of hydrogen-bond donors (Lipinski definition) is 2. The number of halogens is 1. The number of hydrogen-bond acceptors (Lipinski definition) is 2. The van der Waals surface area contributed by atoms with Gasteiger partial charge in [0.2, 0.25) is 0 Å². The third-order valence-corrected chi connectivity index (χ3v) is 2.95. The van der Waals surface area contributed by atoms with Gasteiger partial charge in [-0.25, -0.2) is 4.39 Å². The predicted molar refractivity (Wildman–Crippen MR) is 52.3 cm³/mol. The van der Waals surface area contributed by atoms with Crippen LogP contribution in [0.5, 0.6) is 5.75 Å². The molecule has 1 fully saturated rings. The largest absolute Gasteiger partial charge is 0.508 e. The zero-order valence-corrected chi connectivity index (χ0v) is 7.91. The first-order valence-corrected chi connectivity index (χ1v) is 4.92. The van der Waals surface area contributed by atoms with Crippen molar-refractivity contribution in [1.82, 2.24) is 0 Å². The van der Waals surface area contributed by atoms with E-state index >= 15 is 0 Å². The average molecular weight is 195 g/mol. The quantitative estimate of drug-likeness (QED) is 0.760. The Morgan fingerprint density at radius 1 is 1.36 bits per heavy atom. The molecular formula is C11H14FNO. The fourth-order valence-corrected chi connectivity index (χ4v) is 1.86. The van der Waals surface area contributed by atoms with Gasteiger partial charge in [0.1, 0.15) is 11.6 Å². The molecular weight excluding hydrogens is 181 g/mol. The van der Waals surface area contributed by atoms with E-state index in [-0.39, 0.29) is 11.8 Å². The van der Waals surface area contributed by atoms with Gasteiger partial charge in [-0.1, -0.05) is 6.42 Å². The molecule has 0 heterocycles. The first-order valence-electron chi connectivity index (χ1n) is 4.92. The van der Waals surface area contributed by atoms with Crippen molar-refractivity contribution in [3.8, 4) is 5.75 Å². The molecule has 1 aliphatic rings. The molecule has 2 rings (SSSR count). The standard InChI is InChI=1S/C11H14FNO/c12-9-4-8(5-10(14)6-9)11(13)7-2-1-3-7/h4-7,11,14H,1-3,13H2. The number of rotatable bonds is 2. The van der Waals surface area contributed by atoms with E-state index in [0.29, 0.717) is 11.5 Å². The van der Waals surface area contributed by atoms with Crippen LogP contribution in [-0.4, -0.2) is 5.11 Å². The fraction of sp³-hybridized carbons (Fsp3) is 0.455. The lowest BCUT2D eigenvalue weighted by atomic mass is 9.77. The smallest absolute Gasteiger partial charge is 0.127 e. The lowest BCUT2D eigenvalue weighted by molar-refractivity contribution is 0.263. The van der Waals surface area contributed by atoms with Gasteiger partial charge >= 0.3 is 0 Å². The number of phenolic OH excluding ortho intramolecular Hbond substituents is 1. The van der Waals surface area contributed by atoms with Gasteiger partial charge in [-0.2, -0.15) is 0 Å². The summed E-state index contributed by atoms with van der Waals surface area (Å²) in [6.07, 6.45) is 3.43. The summed E-state index contributed by atoms with van der Waals surface area (Å²) in [7, 11) is 0. The number of phenols is 1. The van der Waals surface area contributed by atoms with Crippen LogP contribution in [0.1, 0.15) is 30.9 Å². The first-order chi connectivity index (χ1) is 6.66. The van der Waals surface area contributed by atoms with E-state index < -0.39 is 5.82 Å². The van der Waals surface area contributed by atoms with Crippen molar-refractivity contribution < 1.29 is 9.50 Å². The first kappa shape index (κ1) is 9.46. The minimum absolute atomic E-state index is 0.0465. The molecule has 14 heavy (non-hydrogen) atoms. The van der Waals surface area contributed by atoms with E-state index in [1.165, 1.54) is 12.5 Å². The zero-order valence-electron chi connectivity index (χ0n) is 7.91. The van der Waals surface area contributed by atoms with Crippen LogP contribution < -0.4 is 5.73 Å². The minimum Gasteiger partial charge on any atom is -0.508 e. The molecule has 3 heteroatoms. The second-order valence-corrected chi connectivity index (χ2v) is 3.96. The molecule has 1 aromatic rings. The van der Waals surface area contributed by atoms with Gasteiger partial charge in [0.15, 0.2) is 0 Å². The second kappa shape index (κ2) is 3.58. The molecule has 0 bridgehead atoms. The molecule has 1 aromatic carbocycles. The second-order valence-electron chi connectivity index (χ2n) is 3.96. The molecule has 0 spiro atoms. The summed E-state index contributed by atoms with van der Waals surface area (Å²) in [5.74, 6) is -0.0132. The molecule has 0 amide bonds. The number of nitrogens with two attached hydrogens (primary N) is 1. The SMILES string of the molecule is NC(c1cc(O)cc(F)c1)C1CCC1. The summed E-state index contributed by atoms with van der Waals surface area (Å²) in [6, 6.07) is 3.91. The highest BCUT2D eigenvalue weighted by atomic mass is 19.1. The van der Waals surface area contributed by atoms with E-state index in [1.54, 1.807) is 6.07 Å². The summed E-state index contributed by atoms with van der Waals surface area (Å²) in [5.41, 5.74) is 6.66. The highest BCUT2D eigenvalue weighted by Crippen LogP contribution is 2.36. The van der Waals surface area contributed by atoms with Gasteiger partial charge < -0.3 is 10.8 Å². The molecule has 0 aliphatic heterocycles. The van der Waals surface area contributed by atoms with Crippen molar-refractivity contribution in [3.05, 3.63) is 29.6 Å². The number of aromatic hydroxyl groups is 1. The molecule has 2 nitrogen and oxygen atoms in total. The lowest BCUT2D eigenvalue weighted by Crippen LogP contribution is -2.26. The lowest BCUT2D eigenvalue weighted by Gasteiger charge is -2.31. The van der Waals surface area contributed by atoms with E-state index in [1.807, 2.05) is 0 Å². The van der Waals surface area contributed by atoms with E-state index in [2.05, 4.69) is 0 Å². The molecule has 76 valence electrons. The monoisotopic (exact) mass is 195 g/mol. The van der Waals surface area contributed by atoms with Crippen molar-refractivity contribution in [2.45, 2.75) is 25.3 Å². The van der Waals surface area contributed by atoms with Crippen LogP contribution in [0, 0.1) is 11.7 Å². The summed E-state index contributed by atoms with van der Waals surface area (Å²) in [4.78, 5) is 0. The van der Waals surface area contributed by atoms with Crippen LogP contribution in [0.3, 0.4) is 0 Å². The van der Waals surface area contributed by atoms with Crippen molar-refractivity contribution in [2.24, 2.45) is 11.7 Å². The highest BCUT2D eigenvalue weighted by Gasteiger charge is 2.25. The van der Waals surface area contributed by atoms with Crippen LogP contribution in [0.15, 0.2) is 18.2 Å². The summed E-state index contributed by atoms with van der Waals surface area (Å²) in [6.45, 7) is 0. The minimum atomic E-state index is -0.422. The third kappa shape index (κ3) is 1.73. The Morgan fingerprint density at radius 2 is 2.07 bits per heavy atom. The van der Waals surface area contributed by atoms with Gasteiger partial charge in [0.05, 0.1) is 0 Å². The highest BCUT2D eigenvalue weighted by molar-refractivity contribution is 5.30. The molecule has 0 aromatic heterocycles. The molecule has 3 N–H and O–H groups in total. The van der Waals surface area contributed by atoms with Gasteiger partial charge in [0, 0.05) is 12.1 Å². The molecule has 1 saturated carbocycles. The Morgan fingerprint density at radius 3 is 2.57 bits per heavy atom. The Labute approximate surface area is 82.5 Å². The van der Waals surface area contributed by atoms with E-state index in [4.69, 9.17) is 5.73 Å². The molecule has 1 aliphatic carbocycles. The van der Waals surface area contributed by atoms with Gasteiger partial charge in [-0.05, 0) is 36.5 Å². The van der Waals surface area contributed by atoms with Crippen LogP contribution in [0.4, 0.5) is 4.39 Å².